The Morgan fingerprint density at radius 3 is 2.25 bits per heavy atom. The summed E-state index contributed by atoms with van der Waals surface area (Å²) in [7, 11) is -1.29. The second kappa shape index (κ2) is 6.16. The van der Waals surface area contributed by atoms with E-state index < -0.39 is 8.32 Å². The Kier molecular flexibility index (Phi) is 6.50. The van der Waals surface area contributed by atoms with E-state index in [2.05, 4.69) is 42.5 Å². The lowest BCUT2D eigenvalue weighted by Gasteiger charge is -2.23. The maximum Gasteiger partial charge on any atom is 0.184 e. The molecular weight excluding hydrogens is 232 g/mol. The number of alkyl halides is 1. The van der Waals surface area contributed by atoms with Crippen LogP contribution in [0.4, 0.5) is 0 Å². The lowest BCUT2D eigenvalue weighted by atomic mass is 10.2. The van der Waals surface area contributed by atoms with Gasteiger partial charge in [-0.15, -0.1) is 0 Å². The van der Waals surface area contributed by atoms with Crippen LogP contribution in [-0.2, 0) is 4.43 Å². The molecule has 0 spiro atoms. The summed E-state index contributed by atoms with van der Waals surface area (Å²) >= 11 is 3.43. The molecule has 0 N–H and O–H groups in total. The number of halogens is 1. The smallest absolute Gasteiger partial charge is 0.184 e. The van der Waals surface area contributed by atoms with Crippen molar-refractivity contribution in [3.63, 3.8) is 0 Å². The average Bonchev–Trinajstić information content (AvgIpc) is 1.84. The van der Waals surface area contributed by atoms with E-state index in [4.69, 9.17) is 4.43 Å². The number of rotatable bonds is 6. The molecule has 1 nitrogen and oxygen atoms in total. The van der Waals surface area contributed by atoms with Gasteiger partial charge < -0.3 is 4.43 Å². The molecule has 0 aliphatic carbocycles. The van der Waals surface area contributed by atoms with Gasteiger partial charge in [0.2, 0.25) is 0 Å². The SMILES string of the molecule is CC(CCCCBr)O[Si](C)(C)C. The summed E-state index contributed by atoms with van der Waals surface area (Å²) in [6.45, 7) is 8.92. The zero-order valence-corrected chi connectivity index (χ0v) is 11.3. The second-order valence-corrected chi connectivity index (χ2v) is 9.48. The van der Waals surface area contributed by atoms with Crippen molar-refractivity contribution in [3.8, 4) is 0 Å². The van der Waals surface area contributed by atoms with Crippen LogP contribution in [0.5, 0.6) is 0 Å². The van der Waals surface area contributed by atoms with Gasteiger partial charge in [-0.3, -0.25) is 0 Å². The highest BCUT2D eigenvalue weighted by atomic mass is 79.9. The van der Waals surface area contributed by atoms with Gasteiger partial charge in [0.15, 0.2) is 8.32 Å². The van der Waals surface area contributed by atoms with Gasteiger partial charge in [0.25, 0.3) is 0 Å². The molecule has 0 heterocycles. The second-order valence-electron chi connectivity index (χ2n) is 4.23. The fraction of sp³-hybridized carbons (Fsp3) is 1.00. The molecule has 74 valence electrons. The van der Waals surface area contributed by atoms with E-state index in [0.717, 1.165) is 5.33 Å². The molecule has 0 fully saturated rings. The molecule has 0 radical (unpaired) electrons. The minimum atomic E-state index is -1.29. The van der Waals surface area contributed by atoms with E-state index in [1.807, 2.05) is 0 Å². The molecule has 12 heavy (non-hydrogen) atoms. The van der Waals surface area contributed by atoms with Crippen molar-refractivity contribution in [1.82, 2.24) is 0 Å². The quantitative estimate of drug-likeness (QED) is 0.397. The normalized spacial score (nSPS) is 14.8. The molecule has 0 aliphatic heterocycles. The minimum absolute atomic E-state index is 0.454. The summed E-state index contributed by atoms with van der Waals surface area (Å²) in [5.41, 5.74) is 0. The summed E-state index contributed by atoms with van der Waals surface area (Å²) in [6.07, 6.45) is 4.20. The van der Waals surface area contributed by atoms with Gasteiger partial charge >= 0.3 is 0 Å². The molecule has 0 bridgehead atoms. The van der Waals surface area contributed by atoms with E-state index >= 15 is 0 Å². The first-order valence-electron chi connectivity index (χ1n) is 4.69. The van der Waals surface area contributed by atoms with Gasteiger partial charge in [-0.25, -0.2) is 0 Å². The fourth-order valence-corrected chi connectivity index (χ4v) is 2.91. The first-order valence-corrected chi connectivity index (χ1v) is 9.22. The van der Waals surface area contributed by atoms with Crippen molar-refractivity contribution in [3.05, 3.63) is 0 Å². The zero-order valence-electron chi connectivity index (χ0n) is 8.69. The highest BCUT2D eigenvalue weighted by Gasteiger charge is 2.17. The lowest BCUT2D eigenvalue weighted by molar-refractivity contribution is 0.200. The van der Waals surface area contributed by atoms with Crippen LogP contribution in [-0.4, -0.2) is 19.8 Å². The van der Waals surface area contributed by atoms with Gasteiger partial charge in [-0.1, -0.05) is 22.4 Å². The molecule has 0 saturated heterocycles. The van der Waals surface area contributed by atoms with Gasteiger partial charge in [-0.05, 0) is 39.4 Å². The van der Waals surface area contributed by atoms with E-state index in [0.29, 0.717) is 6.10 Å². The Hall–Kier alpha value is 0.657. The molecule has 0 saturated carbocycles. The van der Waals surface area contributed by atoms with Gasteiger partial charge in [0.05, 0.1) is 0 Å². The van der Waals surface area contributed by atoms with Crippen LogP contribution in [0.2, 0.25) is 19.6 Å². The van der Waals surface area contributed by atoms with Crippen molar-refractivity contribution in [2.24, 2.45) is 0 Å². The predicted molar refractivity (Wildman–Crippen MR) is 61.5 cm³/mol. The Morgan fingerprint density at radius 1 is 1.25 bits per heavy atom. The van der Waals surface area contributed by atoms with Crippen LogP contribution in [0.3, 0.4) is 0 Å². The Labute approximate surface area is 86.1 Å². The van der Waals surface area contributed by atoms with Crippen molar-refractivity contribution >= 4 is 24.2 Å². The summed E-state index contributed by atoms with van der Waals surface area (Å²) in [5.74, 6) is 0. The van der Waals surface area contributed by atoms with Crippen molar-refractivity contribution in [2.45, 2.75) is 51.9 Å². The molecule has 0 rings (SSSR count). The lowest BCUT2D eigenvalue weighted by Crippen LogP contribution is -2.30. The third kappa shape index (κ3) is 8.75. The van der Waals surface area contributed by atoms with E-state index in [1.54, 1.807) is 0 Å². The standard InChI is InChI=1S/C9H21BrOSi/c1-9(7-5-6-8-10)11-12(2,3)4/h9H,5-8H2,1-4H3. The number of hydrogen-bond acceptors (Lipinski definition) is 1. The van der Waals surface area contributed by atoms with Crippen LogP contribution in [0.1, 0.15) is 26.2 Å². The topological polar surface area (TPSA) is 9.23 Å². The van der Waals surface area contributed by atoms with E-state index in [9.17, 15) is 0 Å². The minimum Gasteiger partial charge on any atom is -0.415 e. The molecule has 0 aliphatic rings. The van der Waals surface area contributed by atoms with Crippen molar-refractivity contribution in [1.29, 1.82) is 0 Å². The first kappa shape index (κ1) is 12.7. The fourth-order valence-electron chi connectivity index (χ4n) is 1.19. The Morgan fingerprint density at radius 2 is 1.83 bits per heavy atom. The average molecular weight is 253 g/mol. The highest BCUT2D eigenvalue weighted by molar-refractivity contribution is 9.09. The molecule has 3 heteroatoms. The summed E-state index contributed by atoms with van der Waals surface area (Å²) in [6, 6.07) is 0. The first-order chi connectivity index (χ1) is 5.45. The number of unbranched alkanes of at least 4 members (excludes halogenated alkanes) is 1. The van der Waals surface area contributed by atoms with Crippen LogP contribution >= 0.6 is 15.9 Å². The monoisotopic (exact) mass is 252 g/mol. The molecule has 1 atom stereocenters. The van der Waals surface area contributed by atoms with Crippen LogP contribution < -0.4 is 0 Å². The molecule has 0 aromatic rings. The largest absolute Gasteiger partial charge is 0.415 e. The van der Waals surface area contributed by atoms with Crippen molar-refractivity contribution < 1.29 is 4.43 Å². The zero-order chi connectivity index (χ0) is 9.61. The number of hydrogen-bond donors (Lipinski definition) is 0. The molecular formula is C9H21BrOSi. The maximum atomic E-state index is 5.91. The van der Waals surface area contributed by atoms with Crippen LogP contribution in [0.15, 0.2) is 0 Å². The molecule has 0 aromatic heterocycles. The molecule has 0 aromatic carbocycles. The maximum absolute atomic E-state index is 5.91. The van der Waals surface area contributed by atoms with Gasteiger partial charge in [0, 0.05) is 11.4 Å². The summed E-state index contributed by atoms with van der Waals surface area (Å²) < 4.78 is 5.91. The van der Waals surface area contributed by atoms with E-state index in [-0.39, 0.29) is 0 Å². The van der Waals surface area contributed by atoms with Crippen molar-refractivity contribution in [2.75, 3.05) is 5.33 Å². The highest BCUT2D eigenvalue weighted by Crippen LogP contribution is 2.12. The third-order valence-corrected chi connectivity index (χ3v) is 3.22. The molecule has 1 unspecified atom stereocenters. The third-order valence-electron chi connectivity index (χ3n) is 1.55. The summed E-state index contributed by atoms with van der Waals surface area (Å²) in [4.78, 5) is 0. The predicted octanol–water partition coefficient (Wildman–Crippen LogP) is 3.79. The Balaban J connectivity index is 3.40. The summed E-state index contributed by atoms with van der Waals surface area (Å²) in [5, 5.41) is 1.12. The molecule has 0 amide bonds. The van der Waals surface area contributed by atoms with Gasteiger partial charge in [-0.2, -0.15) is 0 Å². The van der Waals surface area contributed by atoms with Crippen LogP contribution in [0.25, 0.3) is 0 Å². The van der Waals surface area contributed by atoms with E-state index in [1.165, 1.54) is 19.3 Å². The van der Waals surface area contributed by atoms with Gasteiger partial charge in [0.1, 0.15) is 0 Å². The Bertz CT molecular complexity index is 112. The van der Waals surface area contributed by atoms with Crippen LogP contribution in [0, 0.1) is 0 Å².